The maximum Gasteiger partial charge on any atom is 0.505 e. The lowest BCUT2D eigenvalue weighted by Crippen LogP contribution is -2.56. The Hall–Kier alpha value is -1.03. The Morgan fingerprint density at radius 2 is 2.26 bits per heavy atom. The minimum Gasteiger partial charge on any atom is -0.450 e. The van der Waals surface area contributed by atoms with E-state index < -0.39 is 35.9 Å². The molecule has 0 unspecified atom stereocenters. The molecule has 0 aromatic heterocycles. The van der Waals surface area contributed by atoms with E-state index in [0.29, 0.717) is 11.7 Å². The van der Waals surface area contributed by atoms with Gasteiger partial charge in [0.2, 0.25) is 0 Å². The summed E-state index contributed by atoms with van der Waals surface area (Å²) in [7, 11) is 0. The number of aliphatic hydroxyl groups excluding tert-OH is 2. The standard InChI is InChI=1S/C10H16N2O6S/c1-2-11-9-12-5-7(14)6(13)4(3-17-10(15)16)18-8(5)19-9/h4-8,13-14H,2-3H2,1H3,(H,11,12)(H,15,16)/t4-,5-,6-,7-,8-/m1/s1. The lowest BCUT2D eigenvalue weighted by atomic mass is 9.99. The molecular formula is C10H16N2O6S. The summed E-state index contributed by atoms with van der Waals surface area (Å²) >= 11 is 1.31. The van der Waals surface area contributed by atoms with Crippen LogP contribution in [0.15, 0.2) is 4.99 Å². The molecule has 9 heteroatoms. The highest BCUT2D eigenvalue weighted by molar-refractivity contribution is 8.14. The molecule has 1 fully saturated rings. The van der Waals surface area contributed by atoms with E-state index in [0.717, 1.165) is 0 Å². The van der Waals surface area contributed by atoms with Crippen LogP contribution in [0.3, 0.4) is 0 Å². The predicted octanol–water partition coefficient (Wildman–Crippen LogP) is -0.791. The smallest absolute Gasteiger partial charge is 0.450 e. The van der Waals surface area contributed by atoms with E-state index in [2.05, 4.69) is 15.0 Å². The molecule has 0 aliphatic carbocycles. The third-order valence-electron chi connectivity index (χ3n) is 2.86. The summed E-state index contributed by atoms with van der Waals surface area (Å²) in [4.78, 5) is 14.6. The van der Waals surface area contributed by atoms with Crippen molar-refractivity contribution in [3.05, 3.63) is 0 Å². The first kappa shape index (κ1) is 14.4. The second-order valence-corrected chi connectivity index (χ2v) is 5.26. The van der Waals surface area contributed by atoms with Crippen LogP contribution in [-0.4, -0.2) is 69.6 Å². The van der Waals surface area contributed by atoms with Crippen LogP contribution >= 0.6 is 11.8 Å². The zero-order valence-electron chi connectivity index (χ0n) is 10.2. The molecule has 0 amide bonds. The van der Waals surface area contributed by atoms with Gasteiger partial charge < -0.3 is 30.1 Å². The molecule has 0 aromatic rings. The number of nitrogens with zero attached hydrogens (tertiary/aromatic N) is 1. The number of aliphatic hydroxyl groups is 2. The Bertz CT molecular complexity index is 379. The predicted molar refractivity (Wildman–Crippen MR) is 67.1 cm³/mol. The Kier molecular flexibility index (Phi) is 4.50. The fourth-order valence-corrected chi connectivity index (χ4v) is 3.15. The van der Waals surface area contributed by atoms with E-state index >= 15 is 0 Å². The summed E-state index contributed by atoms with van der Waals surface area (Å²) < 4.78 is 9.91. The first-order valence-electron chi connectivity index (χ1n) is 5.88. The van der Waals surface area contributed by atoms with Crippen LogP contribution in [-0.2, 0) is 9.47 Å². The summed E-state index contributed by atoms with van der Waals surface area (Å²) in [6.45, 7) is 2.28. The largest absolute Gasteiger partial charge is 0.505 e. The molecule has 5 atom stereocenters. The van der Waals surface area contributed by atoms with Crippen molar-refractivity contribution in [1.82, 2.24) is 5.32 Å². The fraction of sp³-hybridized carbons (Fsp3) is 0.800. The van der Waals surface area contributed by atoms with Crippen molar-refractivity contribution in [2.24, 2.45) is 4.99 Å². The van der Waals surface area contributed by atoms with E-state index in [9.17, 15) is 15.0 Å². The van der Waals surface area contributed by atoms with Gasteiger partial charge in [-0.1, -0.05) is 11.8 Å². The summed E-state index contributed by atoms with van der Waals surface area (Å²) in [6, 6.07) is -0.560. The minimum absolute atomic E-state index is 0.326. The van der Waals surface area contributed by atoms with Crippen LogP contribution in [0.4, 0.5) is 4.79 Å². The number of carbonyl (C=O) groups is 1. The maximum absolute atomic E-state index is 10.3. The van der Waals surface area contributed by atoms with Crippen molar-refractivity contribution >= 4 is 23.1 Å². The highest BCUT2D eigenvalue weighted by Crippen LogP contribution is 2.35. The molecule has 0 spiro atoms. The molecule has 2 rings (SSSR count). The quantitative estimate of drug-likeness (QED) is 0.499. The van der Waals surface area contributed by atoms with Gasteiger partial charge in [-0.05, 0) is 6.92 Å². The number of ether oxygens (including phenoxy) is 2. The van der Waals surface area contributed by atoms with E-state index in [-0.39, 0.29) is 6.61 Å². The number of amidine groups is 1. The topological polar surface area (TPSA) is 121 Å². The highest BCUT2D eigenvalue weighted by atomic mass is 32.2. The highest BCUT2D eigenvalue weighted by Gasteiger charge is 2.48. The summed E-state index contributed by atoms with van der Waals surface area (Å²) in [5.41, 5.74) is -0.449. The Morgan fingerprint density at radius 3 is 2.89 bits per heavy atom. The normalized spacial score (nSPS) is 37.4. The van der Waals surface area contributed by atoms with Gasteiger partial charge in [-0.2, -0.15) is 0 Å². The lowest BCUT2D eigenvalue weighted by molar-refractivity contribution is -0.165. The monoisotopic (exact) mass is 292 g/mol. The molecule has 2 aliphatic heterocycles. The van der Waals surface area contributed by atoms with E-state index in [1.165, 1.54) is 11.8 Å². The molecule has 19 heavy (non-hydrogen) atoms. The second kappa shape index (κ2) is 5.95. The number of aliphatic imine (C=N–C) groups is 1. The molecule has 0 saturated carbocycles. The van der Waals surface area contributed by atoms with E-state index in [4.69, 9.17) is 9.84 Å². The van der Waals surface area contributed by atoms with Crippen LogP contribution in [0.1, 0.15) is 6.92 Å². The van der Waals surface area contributed by atoms with Gasteiger partial charge in [0.1, 0.15) is 36.4 Å². The summed E-state index contributed by atoms with van der Waals surface area (Å²) in [6.07, 6.45) is -4.68. The number of thioether (sulfide) groups is 1. The zero-order valence-corrected chi connectivity index (χ0v) is 11.0. The average molecular weight is 292 g/mol. The molecule has 1 saturated heterocycles. The molecule has 108 valence electrons. The molecule has 2 heterocycles. The van der Waals surface area contributed by atoms with Crippen LogP contribution in [0.5, 0.6) is 0 Å². The van der Waals surface area contributed by atoms with Gasteiger partial charge in [-0.15, -0.1) is 0 Å². The van der Waals surface area contributed by atoms with E-state index in [1.54, 1.807) is 0 Å². The molecule has 4 N–H and O–H groups in total. The van der Waals surface area contributed by atoms with Gasteiger partial charge in [0, 0.05) is 6.54 Å². The molecule has 8 nitrogen and oxygen atoms in total. The molecule has 2 aliphatic rings. The third-order valence-corrected chi connectivity index (χ3v) is 3.96. The molecule has 0 aromatic carbocycles. The SMILES string of the molecule is CCNC1=N[C@@H]2[C@@H](O)[C@H](O)[C@@H](COC(=O)O)O[C@@H]2S1. The van der Waals surface area contributed by atoms with Gasteiger partial charge in [0.05, 0.1) is 0 Å². The maximum atomic E-state index is 10.3. The van der Waals surface area contributed by atoms with Crippen molar-refractivity contribution in [3.8, 4) is 0 Å². The Morgan fingerprint density at radius 1 is 1.53 bits per heavy atom. The van der Waals surface area contributed by atoms with Crippen LogP contribution < -0.4 is 5.32 Å². The summed E-state index contributed by atoms with van der Waals surface area (Å²) in [5, 5.41) is 31.9. The van der Waals surface area contributed by atoms with E-state index in [1.807, 2.05) is 6.92 Å². The van der Waals surface area contributed by atoms with Crippen molar-refractivity contribution < 1.29 is 29.6 Å². The van der Waals surface area contributed by atoms with Gasteiger partial charge >= 0.3 is 6.16 Å². The molecule has 0 bridgehead atoms. The fourth-order valence-electron chi connectivity index (χ4n) is 1.96. The zero-order chi connectivity index (χ0) is 14.0. The first-order valence-corrected chi connectivity index (χ1v) is 6.76. The van der Waals surface area contributed by atoms with Gasteiger partial charge in [-0.3, -0.25) is 4.99 Å². The van der Waals surface area contributed by atoms with Crippen LogP contribution in [0.2, 0.25) is 0 Å². The number of rotatable bonds is 3. The lowest BCUT2D eigenvalue weighted by Gasteiger charge is -2.37. The number of carboxylic acid groups (broad SMARTS) is 1. The number of fused-ring (bicyclic) bond motifs is 1. The molecule has 0 radical (unpaired) electrons. The van der Waals surface area contributed by atoms with Crippen molar-refractivity contribution in [2.45, 2.75) is 36.7 Å². The van der Waals surface area contributed by atoms with Crippen LogP contribution in [0, 0.1) is 0 Å². The minimum atomic E-state index is -1.45. The second-order valence-electron chi connectivity index (χ2n) is 4.17. The summed E-state index contributed by atoms with van der Waals surface area (Å²) in [5.74, 6) is 0. The molecular weight excluding hydrogens is 276 g/mol. The van der Waals surface area contributed by atoms with Crippen LogP contribution in [0.25, 0.3) is 0 Å². The van der Waals surface area contributed by atoms with Gasteiger partial charge in [0.25, 0.3) is 0 Å². The first-order chi connectivity index (χ1) is 9.02. The number of nitrogens with one attached hydrogen (secondary N) is 1. The third kappa shape index (κ3) is 3.11. The average Bonchev–Trinajstić information content (AvgIpc) is 2.75. The van der Waals surface area contributed by atoms with Gasteiger partial charge in [-0.25, -0.2) is 4.79 Å². The van der Waals surface area contributed by atoms with Crippen molar-refractivity contribution in [3.63, 3.8) is 0 Å². The number of hydrogen-bond donors (Lipinski definition) is 4. The van der Waals surface area contributed by atoms with Gasteiger partial charge in [0.15, 0.2) is 5.17 Å². The Balaban J connectivity index is 1.99. The van der Waals surface area contributed by atoms with Crippen molar-refractivity contribution in [1.29, 1.82) is 0 Å². The Labute approximate surface area is 113 Å². The number of hydrogen-bond acceptors (Lipinski definition) is 8. The van der Waals surface area contributed by atoms with Crippen molar-refractivity contribution in [2.75, 3.05) is 13.2 Å².